The molecule has 0 amide bonds. The molecule has 1 N–H and O–H groups in total. The first-order chi connectivity index (χ1) is 10.2. The Balaban J connectivity index is 2.40. The van der Waals surface area contributed by atoms with Crippen LogP contribution >= 0.6 is 11.8 Å². The normalized spacial score (nSPS) is 12.6. The van der Waals surface area contributed by atoms with Gasteiger partial charge in [-0.05, 0) is 43.9 Å². The number of benzene rings is 1. The van der Waals surface area contributed by atoms with Crippen molar-refractivity contribution in [2.24, 2.45) is 0 Å². The summed E-state index contributed by atoms with van der Waals surface area (Å²) in [7, 11) is 4.12. The second kappa shape index (κ2) is 7.66. The van der Waals surface area contributed by atoms with Gasteiger partial charge < -0.3 is 10.2 Å². The van der Waals surface area contributed by atoms with Gasteiger partial charge in [0, 0.05) is 25.0 Å². The van der Waals surface area contributed by atoms with Crippen LogP contribution in [0.1, 0.15) is 19.0 Å². The summed E-state index contributed by atoms with van der Waals surface area (Å²) in [6.07, 6.45) is 3.33. The Labute approximate surface area is 132 Å². The van der Waals surface area contributed by atoms with E-state index in [-0.39, 0.29) is 0 Å². The number of fused-ring (bicyclic) bond motifs is 1. The van der Waals surface area contributed by atoms with Crippen LogP contribution < -0.4 is 10.2 Å². The molecule has 3 nitrogen and oxygen atoms in total. The van der Waals surface area contributed by atoms with E-state index in [4.69, 9.17) is 4.98 Å². The maximum absolute atomic E-state index is 4.88. The van der Waals surface area contributed by atoms with E-state index in [1.165, 1.54) is 22.9 Å². The molecule has 1 heterocycles. The highest BCUT2D eigenvalue weighted by molar-refractivity contribution is 7.98. The van der Waals surface area contributed by atoms with Gasteiger partial charge in [-0.25, -0.2) is 4.98 Å². The monoisotopic (exact) mass is 303 g/mol. The highest BCUT2D eigenvalue weighted by atomic mass is 32.2. The lowest BCUT2D eigenvalue weighted by molar-refractivity contribution is 0.661. The van der Waals surface area contributed by atoms with E-state index in [0.717, 1.165) is 18.1 Å². The van der Waals surface area contributed by atoms with Gasteiger partial charge in [0.05, 0.1) is 5.69 Å². The van der Waals surface area contributed by atoms with Crippen LogP contribution in [0.5, 0.6) is 0 Å². The van der Waals surface area contributed by atoms with Crippen LogP contribution in [0.25, 0.3) is 10.8 Å². The molecule has 0 bridgehead atoms. The summed E-state index contributed by atoms with van der Waals surface area (Å²) < 4.78 is 0. The first-order valence-corrected chi connectivity index (χ1v) is 8.81. The molecule has 0 aliphatic rings. The molecule has 4 heteroatoms. The van der Waals surface area contributed by atoms with Crippen molar-refractivity contribution < 1.29 is 0 Å². The number of hydrogen-bond donors (Lipinski definition) is 1. The van der Waals surface area contributed by atoms with Crippen molar-refractivity contribution in [2.75, 3.05) is 31.0 Å². The molecular formula is C17H25N3S. The molecule has 0 aliphatic heterocycles. The molecular weight excluding hydrogens is 278 g/mol. The zero-order valence-corrected chi connectivity index (χ0v) is 14.2. The van der Waals surface area contributed by atoms with Crippen LogP contribution in [-0.2, 0) is 6.54 Å². The quantitative estimate of drug-likeness (QED) is 0.847. The van der Waals surface area contributed by atoms with Gasteiger partial charge in [-0.3, -0.25) is 0 Å². The summed E-state index contributed by atoms with van der Waals surface area (Å²) in [6.45, 7) is 3.07. The molecule has 21 heavy (non-hydrogen) atoms. The Morgan fingerprint density at radius 3 is 2.81 bits per heavy atom. The number of nitrogens with zero attached hydrogens (tertiary/aromatic N) is 2. The Hall–Kier alpha value is -1.26. The number of rotatable bonds is 7. The number of pyridine rings is 1. The molecule has 114 valence electrons. The predicted octanol–water partition coefficient (Wildman–Crippen LogP) is 3.53. The summed E-state index contributed by atoms with van der Waals surface area (Å²) in [6, 6.07) is 11.2. The molecule has 2 rings (SSSR count). The molecule has 1 aromatic carbocycles. The largest absolute Gasteiger partial charge is 0.356 e. The van der Waals surface area contributed by atoms with Gasteiger partial charge in [0.1, 0.15) is 5.82 Å². The average Bonchev–Trinajstić information content (AvgIpc) is 2.51. The standard InChI is InChI=1S/C17H25N3S/c1-13(9-10-21-4)20(3)17-16-8-6-5-7-14(16)11-15(19-17)12-18-2/h5-8,11,13,18H,9-10,12H2,1-4H3. The van der Waals surface area contributed by atoms with Crippen LogP contribution in [-0.4, -0.2) is 37.1 Å². The highest BCUT2D eigenvalue weighted by Gasteiger charge is 2.15. The van der Waals surface area contributed by atoms with E-state index >= 15 is 0 Å². The smallest absolute Gasteiger partial charge is 0.136 e. The zero-order valence-electron chi connectivity index (χ0n) is 13.4. The minimum absolute atomic E-state index is 0.484. The predicted molar refractivity (Wildman–Crippen MR) is 95.4 cm³/mol. The molecule has 0 spiro atoms. The Bertz CT molecular complexity index is 585. The van der Waals surface area contributed by atoms with Crippen molar-refractivity contribution in [3.05, 3.63) is 36.0 Å². The molecule has 0 radical (unpaired) electrons. The van der Waals surface area contributed by atoms with Crippen LogP contribution in [0.2, 0.25) is 0 Å². The van der Waals surface area contributed by atoms with Crippen molar-refractivity contribution in [3.8, 4) is 0 Å². The average molecular weight is 303 g/mol. The number of nitrogens with one attached hydrogen (secondary N) is 1. The zero-order chi connectivity index (χ0) is 15.2. The van der Waals surface area contributed by atoms with Gasteiger partial charge in [0.15, 0.2) is 0 Å². The maximum atomic E-state index is 4.88. The summed E-state index contributed by atoms with van der Waals surface area (Å²) in [5.74, 6) is 2.27. The van der Waals surface area contributed by atoms with Crippen molar-refractivity contribution in [1.82, 2.24) is 10.3 Å². The lowest BCUT2D eigenvalue weighted by atomic mass is 10.1. The third kappa shape index (κ3) is 3.89. The molecule has 1 aromatic heterocycles. The van der Waals surface area contributed by atoms with Crippen molar-refractivity contribution >= 4 is 28.4 Å². The Kier molecular flexibility index (Phi) is 5.88. The Morgan fingerprint density at radius 1 is 1.33 bits per heavy atom. The second-order valence-electron chi connectivity index (χ2n) is 5.43. The molecule has 0 saturated heterocycles. The molecule has 1 atom stereocenters. The molecule has 0 aliphatic carbocycles. The molecule has 2 aromatic rings. The number of anilines is 1. The number of thioether (sulfide) groups is 1. The maximum Gasteiger partial charge on any atom is 0.136 e. The summed E-state index contributed by atoms with van der Waals surface area (Å²) in [4.78, 5) is 7.19. The van der Waals surface area contributed by atoms with E-state index in [1.54, 1.807) is 0 Å². The van der Waals surface area contributed by atoms with Gasteiger partial charge in [0.25, 0.3) is 0 Å². The highest BCUT2D eigenvalue weighted by Crippen LogP contribution is 2.27. The van der Waals surface area contributed by atoms with E-state index in [1.807, 2.05) is 18.8 Å². The molecule has 0 fully saturated rings. The minimum Gasteiger partial charge on any atom is -0.356 e. The first kappa shape index (κ1) is 16.1. The lowest BCUT2D eigenvalue weighted by Gasteiger charge is -2.27. The van der Waals surface area contributed by atoms with Crippen LogP contribution in [0.15, 0.2) is 30.3 Å². The second-order valence-corrected chi connectivity index (χ2v) is 6.42. The number of aromatic nitrogens is 1. The van der Waals surface area contributed by atoms with Crippen molar-refractivity contribution in [3.63, 3.8) is 0 Å². The Morgan fingerprint density at radius 2 is 2.10 bits per heavy atom. The fraction of sp³-hybridized carbons (Fsp3) is 0.471. The molecule has 0 saturated carbocycles. The van der Waals surface area contributed by atoms with Gasteiger partial charge in [-0.15, -0.1) is 0 Å². The van der Waals surface area contributed by atoms with Gasteiger partial charge in [0.2, 0.25) is 0 Å². The SMILES string of the molecule is CNCc1cc2ccccc2c(N(C)C(C)CCSC)n1. The van der Waals surface area contributed by atoms with Crippen molar-refractivity contribution in [1.29, 1.82) is 0 Å². The summed E-state index contributed by atoms with van der Waals surface area (Å²) in [5.41, 5.74) is 1.09. The summed E-state index contributed by atoms with van der Waals surface area (Å²) in [5, 5.41) is 5.69. The van der Waals surface area contributed by atoms with Crippen LogP contribution in [0.3, 0.4) is 0 Å². The van der Waals surface area contributed by atoms with Gasteiger partial charge >= 0.3 is 0 Å². The van der Waals surface area contributed by atoms with Crippen LogP contribution in [0, 0.1) is 0 Å². The molecule has 1 unspecified atom stereocenters. The van der Waals surface area contributed by atoms with E-state index in [2.05, 4.69) is 60.8 Å². The van der Waals surface area contributed by atoms with E-state index in [9.17, 15) is 0 Å². The van der Waals surface area contributed by atoms with E-state index < -0.39 is 0 Å². The first-order valence-electron chi connectivity index (χ1n) is 7.42. The lowest BCUT2D eigenvalue weighted by Crippen LogP contribution is -2.30. The topological polar surface area (TPSA) is 28.2 Å². The third-order valence-corrected chi connectivity index (χ3v) is 4.51. The van der Waals surface area contributed by atoms with Gasteiger partial charge in [-0.2, -0.15) is 11.8 Å². The minimum atomic E-state index is 0.484. The third-order valence-electron chi connectivity index (χ3n) is 3.87. The van der Waals surface area contributed by atoms with Crippen molar-refractivity contribution in [2.45, 2.75) is 25.9 Å². The van der Waals surface area contributed by atoms with E-state index in [0.29, 0.717) is 6.04 Å². The number of hydrogen-bond acceptors (Lipinski definition) is 4. The summed E-state index contributed by atoms with van der Waals surface area (Å²) >= 11 is 1.90. The fourth-order valence-electron chi connectivity index (χ4n) is 2.47. The van der Waals surface area contributed by atoms with Crippen LogP contribution in [0.4, 0.5) is 5.82 Å². The fourth-order valence-corrected chi connectivity index (χ4v) is 3.04. The van der Waals surface area contributed by atoms with Gasteiger partial charge in [-0.1, -0.05) is 24.3 Å².